The molecule has 3 saturated heterocycles. The van der Waals surface area contributed by atoms with Crippen molar-refractivity contribution >= 4 is 0 Å². The highest BCUT2D eigenvalue weighted by atomic mass is 16.6. The summed E-state index contributed by atoms with van der Waals surface area (Å²) in [4.78, 5) is 0. The van der Waals surface area contributed by atoms with Crippen molar-refractivity contribution in [2.75, 3.05) is 6.61 Å². The smallest absolute Gasteiger partial charge is 0.157 e. The van der Waals surface area contributed by atoms with Crippen LogP contribution in [0.2, 0.25) is 0 Å². The second-order valence-electron chi connectivity index (χ2n) is 6.38. The van der Waals surface area contributed by atoms with Crippen molar-refractivity contribution in [2.45, 2.75) is 69.2 Å². The molecule has 0 spiro atoms. The van der Waals surface area contributed by atoms with Crippen LogP contribution in [0.4, 0.5) is 0 Å². The molecule has 2 aliphatic carbocycles. The van der Waals surface area contributed by atoms with Gasteiger partial charge in [-0.25, -0.2) is 0 Å². The van der Waals surface area contributed by atoms with Gasteiger partial charge in [0.2, 0.25) is 0 Å². The molecule has 0 aromatic rings. The van der Waals surface area contributed by atoms with E-state index in [1.165, 1.54) is 19.3 Å². The average Bonchev–Trinajstić information content (AvgIpc) is 3.13. The lowest BCUT2D eigenvalue weighted by atomic mass is 9.80. The van der Waals surface area contributed by atoms with Gasteiger partial charge < -0.3 is 19.3 Å². The van der Waals surface area contributed by atoms with Gasteiger partial charge in [-0.3, -0.25) is 0 Å². The van der Waals surface area contributed by atoms with Crippen molar-refractivity contribution in [2.24, 2.45) is 11.8 Å². The van der Waals surface area contributed by atoms with Crippen molar-refractivity contribution < 1.29 is 19.3 Å². The molecule has 18 heavy (non-hydrogen) atoms. The lowest BCUT2D eigenvalue weighted by Crippen LogP contribution is -2.49. The number of fused-ring (bicyclic) bond motifs is 3. The second-order valence-corrected chi connectivity index (χ2v) is 6.38. The first-order valence-electron chi connectivity index (χ1n) is 7.40. The van der Waals surface area contributed by atoms with Crippen LogP contribution in [0.1, 0.15) is 38.5 Å². The van der Waals surface area contributed by atoms with Crippen LogP contribution in [-0.4, -0.2) is 42.4 Å². The molecule has 2 saturated carbocycles. The molecular weight excluding hydrogens is 232 g/mol. The Morgan fingerprint density at radius 2 is 1.89 bits per heavy atom. The number of aliphatic hydroxyl groups is 1. The van der Waals surface area contributed by atoms with E-state index in [1.54, 1.807) is 0 Å². The highest BCUT2D eigenvalue weighted by molar-refractivity contribution is 4.93. The van der Waals surface area contributed by atoms with Gasteiger partial charge in [0, 0.05) is 18.3 Å². The van der Waals surface area contributed by atoms with Gasteiger partial charge in [0.15, 0.2) is 6.29 Å². The zero-order valence-corrected chi connectivity index (χ0v) is 10.7. The monoisotopic (exact) mass is 254 g/mol. The number of epoxide rings is 1. The summed E-state index contributed by atoms with van der Waals surface area (Å²) in [5, 5.41) is 10.1. The van der Waals surface area contributed by atoms with Gasteiger partial charge in [0.25, 0.3) is 0 Å². The fourth-order valence-corrected chi connectivity index (χ4v) is 3.81. The number of aliphatic hydroxyl groups excluding tert-OH is 1. The van der Waals surface area contributed by atoms with Crippen molar-refractivity contribution in [1.29, 1.82) is 0 Å². The van der Waals surface area contributed by atoms with Crippen LogP contribution >= 0.6 is 0 Å². The van der Waals surface area contributed by atoms with Gasteiger partial charge in [-0.15, -0.1) is 0 Å². The first kappa shape index (κ1) is 11.6. The van der Waals surface area contributed by atoms with Crippen molar-refractivity contribution in [3.8, 4) is 0 Å². The third-order valence-corrected chi connectivity index (χ3v) is 5.18. The molecule has 0 aromatic carbocycles. The average molecular weight is 254 g/mol. The van der Waals surface area contributed by atoms with E-state index in [9.17, 15) is 5.11 Å². The molecule has 5 fully saturated rings. The maximum Gasteiger partial charge on any atom is 0.157 e. The molecular formula is C14H22O4. The number of hydrogen-bond acceptors (Lipinski definition) is 4. The second kappa shape index (κ2) is 4.44. The van der Waals surface area contributed by atoms with Crippen LogP contribution < -0.4 is 0 Å². The van der Waals surface area contributed by atoms with Crippen LogP contribution in [0.25, 0.3) is 0 Å². The molecule has 0 amide bonds. The summed E-state index contributed by atoms with van der Waals surface area (Å²) in [5.41, 5.74) is 0. The standard InChI is InChI=1S/C14H22O4/c15-14(8-2-4-11-13(5-8)18-11)16-7-9-1-3-10-6-12(9)17-10/h8-15H,1-7H2. The van der Waals surface area contributed by atoms with Gasteiger partial charge in [-0.1, -0.05) is 0 Å². The van der Waals surface area contributed by atoms with Gasteiger partial charge >= 0.3 is 0 Å². The largest absolute Gasteiger partial charge is 0.374 e. The first-order chi connectivity index (χ1) is 8.79. The quantitative estimate of drug-likeness (QED) is 0.609. The lowest BCUT2D eigenvalue weighted by Gasteiger charge is -2.46. The number of hydrogen-bond donors (Lipinski definition) is 1. The molecule has 3 aliphatic heterocycles. The molecule has 102 valence electrons. The van der Waals surface area contributed by atoms with Crippen LogP contribution in [0, 0.1) is 11.8 Å². The van der Waals surface area contributed by atoms with E-state index in [0.29, 0.717) is 36.9 Å². The van der Waals surface area contributed by atoms with E-state index in [1.807, 2.05) is 0 Å². The zero-order chi connectivity index (χ0) is 12.1. The van der Waals surface area contributed by atoms with Crippen molar-refractivity contribution in [3.63, 3.8) is 0 Å². The van der Waals surface area contributed by atoms with Crippen LogP contribution in [0.5, 0.6) is 0 Å². The molecule has 5 aliphatic rings. The molecule has 0 radical (unpaired) electrons. The minimum atomic E-state index is -0.604. The molecule has 3 heterocycles. The summed E-state index contributed by atoms with van der Waals surface area (Å²) in [7, 11) is 0. The molecule has 7 atom stereocenters. The highest BCUT2D eigenvalue weighted by Crippen LogP contribution is 2.42. The van der Waals surface area contributed by atoms with Crippen LogP contribution in [0.3, 0.4) is 0 Å². The minimum Gasteiger partial charge on any atom is -0.374 e. The van der Waals surface area contributed by atoms with E-state index < -0.39 is 6.29 Å². The summed E-state index contributed by atoms with van der Waals surface area (Å²) in [5.74, 6) is 0.769. The highest BCUT2D eigenvalue weighted by Gasteiger charge is 2.46. The fraction of sp³-hybridized carbons (Fsp3) is 1.00. The number of rotatable bonds is 4. The summed E-state index contributed by atoms with van der Waals surface area (Å²) in [6, 6.07) is 0. The van der Waals surface area contributed by atoms with Crippen molar-refractivity contribution in [3.05, 3.63) is 0 Å². The Morgan fingerprint density at radius 3 is 2.61 bits per heavy atom. The predicted molar refractivity (Wildman–Crippen MR) is 64.0 cm³/mol. The molecule has 1 N–H and O–H groups in total. The van der Waals surface area contributed by atoms with E-state index in [-0.39, 0.29) is 5.92 Å². The van der Waals surface area contributed by atoms with Gasteiger partial charge in [-0.2, -0.15) is 0 Å². The van der Waals surface area contributed by atoms with E-state index in [0.717, 1.165) is 19.3 Å². The molecule has 2 bridgehead atoms. The maximum absolute atomic E-state index is 10.1. The minimum absolute atomic E-state index is 0.271. The Bertz CT molecular complexity index is 312. The lowest BCUT2D eigenvalue weighted by molar-refractivity contribution is -0.216. The number of ether oxygens (including phenoxy) is 3. The molecule has 0 aromatic heterocycles. The van der Waals surface area contributed by atoms with Gasteiger partial charge in [0.1, 0.15) is 0 Å². The first-order valence-corrected chi connectivity index (χ1v) is 7.40. The zero-order valence-electron chi connectivity index (χ0n) is 10.7. The molecule has 5 rings (SSSR count). The van der Waals surface area contributed by atoms with Gasteiger partial charge in [0.05, 0.1) is 31.0 Å². The van der Waals surface area contributed by atoms with E-state index in [2.05, 4.69) is 0 Å². The Balaban J connectivity index is 1.24. The van der Waals surface area contributed by atoms with Crippen LogP contribution in [0.15, 0.2) is 0 Å². The summed E-state index contributed by atoms with van der Waals surface area (Å²) in [6.07, 6.45) is 7.89. The van der Waals surface area contributed by atoms with Crippen molar-refractivity contribution in [1.82, 2.24) is 0 Å². The summed E-state index contributed by atoms with van der Waals surface area (Å²) < 4.78 is 16.9. The molecule has 4 nitrogen and oxygen atoms in total. The predicted octanol–water partition coefficient (Wildman–Crippen LogP) is 1.46. The molecule has 4 heteroatoms. The Kier molecular flexibility index (Phi) is 2.87. The Hall–Kier alpha value is -0.160. The van der Waals surface area contributed by atoms with E-state index in [4.69, 9.17) is 14.2 Å². The third kappa shape index (κ3) is 2.09. The Labute approximate surface area is 108 Å². The Morgan fingerprint density at radius 1 is 1.00 bits per heavy atom. The van der Waals surface area contributed by atoms with Gasteiger partial charge in [-0.05, 0) is 32.1 Å². The normalized spacial score (nSPS) is 51.2. The molecule has 7 unspecified atom stereocenters. The maximum atomic E-state index is 10.1. The SMILES string of the molecule is OC(OCC1CCC2CC1O2)C1CCC2OC2C1. The topological polar surface area (TPSA) is 51.2 Å². The third-order valence-electron chi connectivity index (χ3n) is 5.18. The summed E-state index contributed by atoms with van der Waals surface area (Å²) in [6.45, 7) is 0.657. The van der Waals surface area contributed by atoms with Crippen LogP contribution in [-0.2, 0) is 14.2 Å². The fourth-order valence-electron chi connectivity index (χ4n) is 3.81. The summed E-state index contributed by atoms with van der Waals surface area (Å²) >= 11 is 0. The van der Waals surface area contributed by atoms with E-state index >= 15 is 0 Å².